The van der Waals surface area contributed by atoms with Gasteiger partial charge < -0.3 is 10.1 Å². The van der Waals surface area contributed by atoms with Gasteiger partial charge in [-0.25, -0.2) is 4.98 Å². The summed E-state index contributed by atoms with van der Waals surface area (Å²) >= 11 is 11.9. The topological polar surface area (TPSA) is 51.2 Å². The molecule has 0 radical (unpaired) electrons. The monoisotopic (exact) mass is 310 g/mol. The maximum atomic E-state index is 12.0. The Morgan fingerprint density at radius 3 is 2.75 bits per heavy atom. The first-order valence-corrected chi connectivity index (χ1v) is 6.58. The normalized spacial score (nSPS) is 10.2. The molecular formula is C14H12Cl2N2O2. The number of benzene rings is 1. The quantitative estimate of drug-likeness (QED) is 0.942. The Hall–Kier alpha value is -1.78. The van der Waals surface area contributed by atoms with Crippen LogP contribution in [0.25, 0.3) is 0 Å². The average molecular weight is 311 g/mol. The van der Waals surface area contributed by atoms with E-state index in [0.29, 0.717) is 23.0 Å². The second-order valence-corrected chi connectivity index (χ2v) is 4.78. The van der Waals surface area contributed by atoms with Gasteiger partial charge in [0.2, 0.25) is 5.88 Å². The molecule has 1 amide bonds. The second-order valence-electron chi connectivity index (χ2n) is 3.99. The van der Waals surface area contributed by atoms with Crippen molar-refractivity contribution in [3.05, 3.63) is 57.7 Å². The van der Waals surface area contributed by atoms with Gasteiger partial charge in [-0.2, -0.15) is 0 Å². The number of carbonyl (C=O) groups is 1. The highest BCUT2D eigenvalue weighted by molar-refractivity contribution is 6.43. The van der Waals surface area contributed by atoms with E-state index in [9.17, 15) is 4.79 Å². The number of nitrogens with one attached hydrogen (secondary N) is 1. The lowest BCUT2D eigenvalue weighted by Gasteiger charge is -2.08. The van der Waals surface area contributed by atoms with E-state index in [0.717, 1.165) is 5.56 Å². The number of carbonyl (C=O) groups excluding carboxylic acids is 1. The predicted octanol–water partition coefficient (Wildman–Crippen LogP) is 3.33. The Morgan fingerprint density at radius 2 is 2.10 bits per heavy atom. The van der Waals surface area contributed by atoms with Gasteiger partial charge in [-0.3, -0.25) is 4.79 Å². The van der Waals surface area contributed by atoms with Crippen LogP contribution < -0.4 is 10.1 Å². The zero-order valence-electron chi connectivity index (χ0n) is 10.7. The molecule has 20 heavy (non-hydrogen) atoms. The number of hydrogen-bond donors (Lipinski definition) is 1. The molecule has 1 N–H and O–H groups in total. The van der Waals surface area contributed by atoms with E-state index in [-0.39, 0.29) is 10.9 Å². The number of nitrogens with zero attached hydrogens (tertiary/aromatic N) is 1. The Morgan fingerprint density at radius 1 is 1.30 bits per heavy atom. The Kier molecular flexibility index (Phi) is 4.82. The van der Waals surface area contributed by atoms with Gasteiger partial charge in [0.1, 0.15) is 0 Å². The fourth-order valence-electron chi connectivity index (χ4n) is 1.59. The van der Waals surface area contributed by atoms with E-state index in [4.69, 9.17) is 27.9 Å². The molecule has 0 saturated carbocycles. The first kappa shape index (κ1) is 14.6. The molecule has 0 aliphatic heterocycles. The highest BCUT2D eigenvalue weighted by Crippen LogP contribution is 2.25. The van der Waals surface area contributed by atoms with Gasteiger partial charge in [-0.05, 0) is 17.7 Å². The third-order valence-corrected chi connectivity index (χ3v) is 3.47. The van der Waals surface area contributed by atoms with E-state index in [2.05, 4.69) is 10.3 Å². The van der Waals surface area contributed by atoms with Gasteiger partial charge in [-0.15, -0.1) is 0 Å². The van der Waals surface area contributed by atoms with Crippen molar-refractivity contribution in [1.82, 2.24) is 10.3 Å². The average Bonchev–Trinajstić information content (AvgIpc) is 2.48. The lowest BCUT2D eigenvalue weighted by Crippen LogP contribution is -2.23. The van der Waals surface area contributed by atoms with Gasteiger partial charge in [0.15, 0.2) is 0 Å². The van der Waals surface area contributed by atoms with Crippen molar-refractivity contribution >= 4 is 29.1 Å². The van der Waals surface area contributed by atoms with E-state index < -0.39 is 0 Å². The van der Waals surface area contributed by atoms with Crippen LogP contribution >= 0.6 is 23.2 Å². The highest BCUT2D eigenvalue weighted by atomic mass is 35.5. The summed E-state index contributed by atoms with van der Waals surface area (Å²) in [6.07, 6.45) is 1.64. The molecule has 0 bridgehead atoms. The Labute approximate surface area is 126 Å². The Bertz CT molecular complexity index is 615. The first-order chi connectivity index (χ1) is 9.61. The third kappa shape index (κ3) is 3.40. The van der Waals surface area contributed by atoms with Crippen molar-refractivity contribution < 1.29 is 9.53 Å². The first-order valence-electron chi connectivity index (χ1n) is 5.83. The molecule has 104 valence electrons. The number of hydrogen-bond acceptors (Lipinski definition) is 3. The van der Waals surface area contributed by atoms with E-state index in [1.807, 2.05) is 6.07 Å². The minimum absolute atomic E-state index is 0.250. The van der Waals surface area contributed by atoms with Gasteiger partial charge in [0.05, 0.1) is 22.7 Å². The van der Waals surface area contributed by atoms with Crippen molar-refractivity contribution in [1.29, 1.82) is 0 Å². The minimum Gasteiger partial charge on any atom is -0.481 e. The molecule has 0 aliphatic carbocycles. The molecule has 4 nitrogen and oxygen atoms in total. The van der Waals surface area contributed by atoms with E-state index in [1.165, 1.54) is 0 Å². The molecule has 2 aromatic rings. The van der Waals surface area contributed by atoms with Crippen molar-refractivity contribution in [2.24, 2.45) is 0 Å². The minimum atomic E-state index is -0.284. The maximum absolute atomic E-state index is 12.0. The lowest BCUT2D eigenvalue weighted by atomic mass is 10.2. The van der Waals surface area contributed by atoms with Crippen molar-refractivity contribution in [2.75, 3.05) is 7.11 Å². The van der Waals surface area contributed by atoms with E-state index >= 15 is 0 Å². The molecule has 0 saturated heterocycles. The SMILES string of the molecule is COc1ccc(CNC(=O)c2cccc(Cl)c2Cl)cn1. The number of pyridine rings is 1. The fourth-order valence-corrected chi connectivity index (χ4v) is 1.98. The molecule has 0 unspecified atom stereocenters. The molecule has 0 spiro atoms. The predicted molar refractivity (Wildman–Crippen MR) is 78.4 cm³/mol. The zero-order valence-corrected chi connectivity index (χ0v) is 12.2. The molecule has 6 heteroatoms. The smallest absolute Gasteiger partial charge is 0.253 e. The van der Waals surface area contributed by atoms with Gasteiger partial charge in [0, 0.05) is 18.8 Å². The second kappa shape index (κ2) is 6.59. The number of methoxy groups -OCH3 is 1. The van der Waals surface area contributed by atoms with Crippen LogP contribution in [0.3, 0.4) is 0 Å². The third-order valence-electron chi connectivity index (χ3n) is 2.66. The molecule has 1 aromatic carbocycles. The van der Waals surface area contributed by atoms with Gasteiger partial charge in [0.25, 0.3) is 5.91 Å². The molecule has 0 atom stereocenters. The van der Waals surface area contributed by atoms with Gasteiger partial charge >= 0.3 is 0 Å². The summed E-state index contributed by atoms with van der Waals surface area (Å²) in [6.45, 7) is 0.346. The fraction of sp³-hybridized carbons (Fsp3) is 0.143. The van der Waals surface area contributed by atoms with Crippen LogP contribution in [0.5, 0.6) is 5.88 Å². The van der Waals surface area contributed by atoms with Crippen LogP contribution in [0.4, 0.5) is 0 Å². The van der Waals surface area contributed by atoms with Crippen molar-refractivity contribution in [3.8, 4) is 5.88 Å². The molecular weight excluding hydrogens is 299 g/mol. The molecule has 1 heterocycles. The summed E-state index contributed by atoms with van der Waals surface area (Å²) in [5.41, 5.74) is 1.21. The van der Waals surface area contributed by atoms with Crippen LogP contribution in [0.2, 0.25) is 10.0 Å². The van der Waals surface area contributed by atoms with E-state index in [1.54, 1.807) is 37.6 Å². The molecule has 2 rings (SSSR count). The summed E-state index contributed by atoms with van der Waals surface area (Å²) in [5.74, 6) is 0.242. The maximum Gasteiger partial charge on any atom is 0.253 e. The summed E-state index contributed by atoms with van der Waals surface area (Å²) in [6, 6.07) is 8.49. The largest absolute Gasteiger partial charge is 0.481 e. The van der Waals surface area contributed by atoms with Gasteiger partial charge in [-0.1, -0.05) is 35.3 Å². The van der Waals surface area contributed by atoms with Crippen LogP contribution in [0, 0.1) is 0 Å². The summed E-state index contributed by atoms with van der Waals surface area (Å²) in [7, 11) is 1.55. The molecule has 0 aliphatic rings. The summed E-state index contributed by atoms with van der Waals surface area (Å²) in [5, 5.41) is 3.36. The molecule has 1 aromatic heterocycles. The van der Waals surface area contributed by atoms with Crippen LogP contribution in [-0.2, 0) is 6.54 Å². The van der Waals surface area contributed by atoms with Crippen LogP contribution in [0.15, 0.2) is 36.5 Å². The standard InChI is InChI=1S/C14H12Cl2N2O2/c1-20-12-6-5-9(7-17-12)8-18-14(19)10-3-2-4-11(15)13(10)16/h2-7H,8H2,1H3,(H,18,19). The summed E-state index contributed by atoms with van der Waals surface area (Å²) < 4.78 is 4.96. The van der Waals surface area contributed by atoms with Crippen LogP contribution in [-0.4, -0.2) is 18.0 Å². The number of amides is 1. The Balaban J connectivity index is 2.02. The number of rotatable bonds is 4. The van der Waals surface area contributed by atoms with Crippen molar-refractivity contribution in [2.45, 2.75) is 6.54 Å². The highest BCUT2D eigenvalue weighted by Gasteiger charge is 2.12. The van der Waals surface area contributed by atoms with Crippen molar-refractivity contribution in [3.63, 3.8) is 0 Å². The number of aromatic nitrogens is 1. The lowest BCUT2D eigenvalue weighted by molar-refractivity contribution is 0.0951. The van der Waals surface area contributed by atoms with Crippen LogP contribution in [0.1, 0.15) is 15.9 Å². The number of ether oxygens (including phenoxy) is 1. The molecule has 0 fully saturated rings. The number of halogens is 2. The zero-order chi connectivity index (χ0) is 14.5. The summed E-state index contributed by atoms with van der Waals surface area (Å²) in [4.78, 5) is 16.1.